The van der Waals surface area contributed by atoms with Crippen LogP contribution in [0.3, 0.4) is 0 Å². The number of carbonyl (C=O) groups is 1. The zero-order chi connectivity index (χ0) is 12.6. The number of rotatable bonds is 2. The topological polar surface area (TPSA) is 50.5 Å². The van der Waals surface area contributed by atoms with Crippen molar-refractivity contribution in [3.63, 3.8) is 0 Å². The van der Waals surface area contributed by atoms with E-state index in [1.807, 2.05) is 31.1 Å². The largest absolute Gasteiger partial charge is 0.422 e. The third-order valence-electron chi connectivity index (χ3n) is 2.61. The maximum Gasteiger partial charge on any atom is 0.347 e. The van der Waals surface area contributed by atoms with Gasteiger partial charge in [-0.2, -0.15) is 0 Å². The number of carbonyl (C=O) groups excluding carboxylic acids is 1. The Hall–Kier alpha value is -2.10. The number of benzene rings is 1. The van der Waals surface area contributed by atoms with Gasteiger partial charge in [0.25, 0.3) is 0 Å². The lowest BCUT2D eigenvalue weighted by Gasteiger charge is -2.12. The second-order valence-corrected chi connectivity index (χ2v) is 4.12. The lowest BCUT2D eigenvalue weighted by molar-refractivity contribution is 0.101. The molecule has 1 aromatic heterocycles. The zero-order valence-corrected chi connectivity index (χ0v) is 9.98. The molecule has 0 saturated heterocycles. The van der Waals surface area contributed by atoms with E-state index in [-0.39, 0.29) is 11.3 Å². The average Bonchev–Trinajstić information content (AvgIpc) is 2.27. The molecule has 2 aromatic rings. The highest BCUT2D eigenvalue weighted by Gasteiger charge is 2.09. The Labute approximate surface area is 98.5 Å². The lowest BCUT2D eigenvalue weighted by Crippen LogP contribution is -2.12. The van der Waals surface area contributed by atoms with Crippen molar-refractivity contribution < 1.29 is 9.21 Å². The molecule has 0 radical (unpaired) electrons. The molecular weight excluding hydrogens is 218 g/mol. The maximum absolute atomic E-state index is 11.5. The molecule has 0 unspecified atom stereocenters. The van der Waals surface area contributed by atoms with E-state index in [1.165, 1.54) is 6.92 Å². The molecule has 1 heterocycles. The molecule has 4 heteroatoms. The summed E-state index contributed by atoms with van der Waals surface area (Å²) < 4.78 is 5.09. The van der Waals surface area contributed by atoms with E-state index in [1.54, 1.807) is 12.1 Å². The van der Waals surface area contributed by atoms with Gasteiger partial charge in [-0.25, -0.2) is 4.79 Å². The fourth-order valence-corrected chi connectivity index (χ4v) is 1.63. The van der Waals surface area contributed by atoms with Gasteiger partial charge in [-0.15, -0.1) is 0 Å². The van der Waals surface area contributed by atoms with Crippen LogP contribution < -0.4 is 10.5 Å². The summed E-state index contributed by atoms with van der Waals surface area (Å²) in [6, 6.07) is 7.05. The summed E-state index contributed by atoms with van der Waals surface area (Å²) in [7, 11) is 3.85. The first kappa shape index (κ1) is 11.4. The van der Waals surface area contributed by atoms with Crippen LogP contribution in [0.15, 0.2) is 33.5 Å². The van der Waals surface area contributed by atoms with Gasteiger partial charge in [0.05, 0.1) is 0 Å². The maximum atomic E-state index is 11.5. The van der Waals surface area contributed by atoms with Gasteiger partial charge in [-0.1, -0.05) is 0 Å². The molecule has 2 rings (SSSR count). The molecule has 0 bridgehead atoms. The van der Waals surface area contributed by atoms with Crippen LogP contribution in [0.2, 0.25) is 0 Å². The minimum atomic E-state index is -0.581. The van der Waals surface area contributed by atoms with Crippen molar-refractivity contribution in [1.82, 2.24) is 0 Å². The van der Waals surface area contributed by atoms with Crippen LogP contribution in [-0.2, 0) is 0 Å². The molecule has 17 heavy (non-hydrogen) atoms. The van der Waals surface area contributed by atoms with Crippen LogP contribution in [0.4, 0.5) is 5.69 Å². The van der Waals surface area contributed by atoms with Crippen molar-refractivity contribution in [1.29, 1.82) is 0 Å². The molecule has 0 amide bonds. The van der Waals surface area contributed by atoms with Crippen molar-refractivity contribution in [3.05, 3.63) is 40.2 Å². The smallest absolute Gasteiger partial charge is 0.347 e. The predicted octanol–water partition coefficient (Wildman–Crippen LogP) is 2.06. The highest BCUT2D eigenvalue weighted by molar-refractivity contribution is 5.96. The fraction of sp³-hybridized carbons (Fsp3) is 0.231. The van der Waals surface area contributed by atoms with Gasteiger partial charge in [-0.05, 0) is 31.2 Å². The van der Waals surface area contributed by atoms with Gasteiger partial charge in [0, 0.05) is 25.2 Å². The summed E-state index contributed by atoms with van der Waals surface area (Å²) in [5.41, 5.74) is 0.988. The summed E-state index contributed by atoms with van der Waals surface area (Å²) >= 11 is 0. The van der Waals surface area contributed by atoms with Crippen LogP contribution in [0.5, 0.6) is 0 Å². The number of hydrogen-bond donors (Lipinski definition) is 0. The van der Waals surface area contributed by atoms with E-state index < -0.39 is 5.63 Å². The third-order valence-corrected chi connectivity index (χ3v) is 2.61. The highest BCUT2D eigenvalue weighted by Crippen LogP contribution is 2.20. The van der Waals surface area contributed by atoms with E-state index in [9.17, 15) is 9.59 Å². The molecule has 0 aliphatic heterocycles. The lowest BCUT2D eigenvalue weighted by atomic mass is 10.1. The van der Waals surface area contributed by atoms with Crippen LogP contribution in [0.1, 0.15) is 17.3 Å². The molecule has 1 aromatic carbocycles. The molecule has 0 aliphatic rings. The summed E-state index contributed by atoms with van der Waals surface area (Å²) in [6.07, 6.45) is 0. The Morgan fingerprint density at radius 1 is 1.24 bits per heavy atom. The SMILES string of the molecule is CC(=O)c1cc2cc(N(C)C)ccc2oc1=O. The quantitative estimate of drug-likeness (QED) is 0.586. The van der Waals surface area contributed by atoms with Gasteiger partial charge < -0.3 is 9.32 Å². The van der Waals surface area contributed by atoms with Crippen molar-refractivity contribution >= 4 is 22.4 Å². The summed E-state index contributed by atoms with van der Waals surface area (Å²) in [5.74, 6) is -0.282. The Bertz CT molecular complexity index is 641. The van der Waals surface area contributed by atoms with Gasteiger partial charge >= 0.3 is 5.63 Å². The second-order valence-electron chi connectivity index (χ2n) is 4.12. The minimum Gasteiger partial charge on any atom is -0.422 e. The van der Waals surface area contributed by atoms with Crippen molar-refractivity contribution in [3.8, 4) is 0 Å². The number of fused-ring (bicyclic) bond motifs is 1. The van der Waals surface area contributed by atoms with Crippen molar-refractivity contribution in [2.24, 2.45) is 0 Å². The number of nitrogens with zero attached hydrogens (tertiary/aromatic N) is 1. The Kier molecular flexibility index (Phi) is 2.71. The molecule has 88 valence electrons. The Morgan fingerprint density at radius 2 is 1.94 bits per heavy atom. The molecule has 4 nitrogen and oxygen atoms in total. The van der Waals surface area contributed by atoms with E-state index in [2.05, 4.69) is 0 Å². The van der Waals surface area contributed by atoms with Crippen molar-refractivity contribution in [2.45, 2.75) is 6.92 Å². The van der Waals surface area contributed by atoms with Crippen LogP contribution in [0, 0.1) is 0 Å². The standard InChI is InChI=1S/C13H13NO3/c1-8(15)11-7-9-6-10(14(2)3)4-5-12(9)17-13(11)16/h4-7H,1-3H3. The molecule has 0 aliphatic carbocycles. The first-order valence-electron chi connectivity index (χ1n) is 5.25. The minimum absolute atomic E-state index is 0.0911. The molecule has 0 atom stereocenters. The summed E-state index contributed by atoms with van der Waals surface area (Å²) in [6.45, 7) is 1.36. The van der Waals surface area contributed by atoms with Gasteiger partial charge in [0.1, 0.15) is 11.1 Å². The molecule has 0 spiro atoms. The molecule has 0 saturated carbocycles. The fourth-order valence-electron chi connectivity index (χ4n) is 1.63. The van der Waals surface area contributed by atoms with Crippen LogP contribution >= 0.6 is 0 Å². The first-order valence-corrected chi connectivity index (χ1v) is 5.25. The Balaban J connectivity index is 2.72. The van der Waals surface area contributed by atoms with E-state index in [0.29, 0.717) is 5.58 Å². The highest BCUT2D eigenvalue weighted by atomic mass is 16.4. The van der Waals surface area contributed by atoms with E-state index >= 15 is 0 Å². The van der Waals surface area contributed by atoms with Crippen LogP contribution in [0.25, 0.3) is 11.0 Å². The summed E-state index contributed by atoms with van der Waals surface area (Å²) in [5, 5.41) is 0.751. The normalized spacial score (nSPS) is 10.5. The van der Waals surface area contributed by atoms with Gasteiger partial charge in [-0.3, -0.25) is 4.79 Å². The number of hydrogen-bond acceptors (Lipinski definition) is 4. The average molecular weight is 231 g/mol. The van der Waals surface area contributed by atoms with Crippen molar-refractivity contribution in [2.75, 3.05) is 19.0 Å². The Morgan fingerprint density at radius 3 is 2.53 bits per heavy atom. The van der Waals surface area contributed by atoms with E-state index in [4.69, 9.17) is 4.42 Å². The number of ketones is 1. The zero-order valence-electron chi connectivity index (χ0n) is 9.98. The number of anilines is 1. The number of Topliss-reactive ketones (excluding diaryl/α,β-unsaturated/α-hetero) is 1. The van der Waals surface area contributed by atoms with Gasteiger partial charge in [0.15, 0.2) is 5.78 Å². The summed E-state index contributed by atoms with van der Waals surface area (Å²) in [4.78, 5) is 24.7. The first-order chi connectivity index (χ1) is 7.99. The van der Waals surface area contributed by atoms with Gasteiger partial charge in [0.2, 0.25) is 0 Å². The van der Waals surface area contributed by atoms with Crippen LogP contribution in [-0.4, -0.2) is 19.9 Å². The predicted molar refractivity (Wildman–Crippen MR) is 66.8 cm³/mol. The van der Waals surface area contributed by atoms with E-state index in [0.717, 1.165) is 11.1 Å². The molecule has 0 fully saturated rings. The third kappa shape index (κ3) is 2.06. The monoisotopic (exact) mass is 231 g/mol. The molecular formula is C13H13NO3. The second kappa shape index (κ2) is 4.05. The molecule has 0 N–H and O–H groups in total.